The number of imidazole rings is 1. The normalized spacial score (nSPS) is 12.1. The van der Waals surface area contributed by atoms with Crippen LogP contribution in [0, 0.1) is 11.8 Å². The highest BCUT2D eigenvalue weighted by atomic mass is 32.2. The molecule has 0 aliphatic carbocycles. The summed E-state index contributed by atoms with van der Waals surface area (Å²) < 4.78 is 74.9. The van der Waals surface area contributed by atoms with Gasteiger partial charge in [0.1, 0.15) is 23.3 Å². The number of nitrogens with two attached hydrogens (primary N) is 1. The van der Waals surface area contributed by atoms with E-state index in [1.807, 2.05) is 6.92 Å². The van der Waals surface area contributed by atoms with Crippen LogP contribution in [0.15, 0.2) is 10.8 Å². The van der Waals surface area contributed by atoms with Crippen molar-refractivity contribution in [2.24, 2.45) is 0 Å². The van der Waals surface area contributed by atoms with Crippen molar-refractivity contribution in [3.63, 3.8) is 0 Å². The first-order valence-electron chi connectivity index (χ1n) is 11.8. The van der Waals surface area contributed by atoms with E-state index >= 15 is 0 Å². The van der Waals surface area contributed by atoms with Crippen LogP contribution in [0.1, 0.15) is 25.5 Å². The third kappa shape index (κ3) is 8.58. The maximum absolute atomic E-state index is 11.1. The van der Waals surface area contributed by atoms with Crippen LogP contribution >= 0.6 is 0 Å². The minimum atomic E-state index is -4.24. The summed E-state index contributed by atoms with van der Waals surface area (Å²) in [6.07, 6.45) is 2.47. The van der Waals surface area contributed by atoms with E-state index in [0.717, 1.165) is 0 Å². The molecule has 0 aromatic carbocycles. The number of fused-ring (bicyclic) bond motifs is 1. The highest BCUT2D eigenvalue weighted by Crippen LogP contribution is 2.33. The van der Waals surface area contributed by atoms with Gasteiger partial charge in [0, 0.05) is 19.6 Å². The lowest BCUT2D eigenvalue weighted by molar-refractivity contribution is 0.265. The zero-order valence-corrected chi connectivity index (χ0v) is 22.6. The second-order valence-electron chi connectivity index (χ2n) is 8.28. The van der Waals surface area contributed by atoms with E-state index in [0.29, 0.717) is 54.2 Å². The molecule has 0 saturated carbocycles. The number of ether oxygens (including phenoxy) is 1. The molecule has 0 atom stereocenters. The summed E-state index contributed by atoms with van der Waals surface area (Å²) in [6.45, 7) is 2.28. The number of aromatic nitrogens is 5. The number of rotatable bonds is 14. The van der Waals surface area contributed by atoms with Gasteiger partial charge >= 0.3 is 0 Å². The van der Waals surface area contributed by atoms with Crippen molar-refractivity contribution in [2.45, 2.75) is 26.3 Å². The molecule has 3 aromatic heterocycles. The van der Waals surface area contributed by atoms with Crippen LogP contribution in [0.3, 0.4) is 0 Å². The number of unbranched alkanes of at least 4 members (excludes halogenated alkanes) is 1. The highest BCUT2D eigenvalue weighted by Gasteiger charge is 2.23. The van der Waals surface area contributed by atoms with Crippen LogP contribution in [0.25, 0.3) is 22.6 Å². The van der Waals surface area contributed by atoms with Gasteiger partial charge in [0.2, 0.25) is 0 Å². The number of aliphatic hydroxyl groups excluding tert-OH is 1. The number of nitrogen functional groups attached to an aromatic ring is 1. The van der Waals surface area contributed by atoms with Gasteiger partial charge < -0.3 is 25.0 Å². The molecular weight excluding hydrogens is 558 g/mol. The van der Waals surface area contributed by atoms with Crippen LogP contribution in [0.2, 0.25) is 0 Å². The molecule has 0 spiro atoms. The Hall–Kier alpha value is -3.34. The molecule has 5 N–H and O–H groups in total. The van der Waals surface area contributed by atoms with Crippen LogP contribution in [0.4, 0.5) is 5.82 Å². The summed E-state index contributed by atoms with van der Waals surface area (Å²) in [5.74, 6) is 4.98. The zero-order valence-electron chi connectivity index (χ0n) is 21.0. The monoisotopic (exact) mass is 587 g/mol. The molecule has 0 saturated heterocycles. The Morgan fingerprint density at radius 1 is 1.10 bits per heavy atom. The quantitative estimate of drug-likeness (QED) is 0.107. The minimum Gasteiger partial charge on any atom is -0.490 e. The fraction of sp³-hybridized carbons (Fsp3) is 0.524. The van der Waals surface area contributed by atoms with Gasteiger partial charge in [-0.2, -0.15) is 16.8 Å². The summed E-state index contributed by atoms with van der Waals surface area (Å²) >= 11 is 0. The number of aliphatic hydroxyl groups is 1. The highest BCUT2D eigenvalue weighted by molar-refractivity contribution is 7.86. The zero-order chi connectivity index (χ0) is 28.6. The average molecular weight is 588 g/mol. The van der Waals surface area contributed by atoms with Crippen LogP contribution in [-0.4, -0.2) is 105 Å². The summed E-state index contributed by atoms with van der Waals surface area (Å²) in [5, 5.41) is 16.5. The topological polar surface area (TPSA) is 237 Å². The molecule has 214 valence electrons. The van der Waals surface area contributed by atoms with Gasteiger partial charge in [-0.15, -0.1) is 0 Å². The molecule has 18 heteroatoms. The largest absolute Gasteiger partial charge is 0.490 e. The average Bonchev–Trinajstić information content (AvgIpc) is 3.46. The Morgan fingerprint density at radius 2 is 1.79 bits per heavy atom. The molecule has 0 unspecified atom stereocenters. The van der Waals surface area contributed by atoms with Crippen LogP contribution in [0.5, 0.6) is 5.75 Å². The second kappa shape index (κ2) is 13.1. The van der Waals surface area contributed by atoms with Crippen molar-refractivity contribution < 1.29 is 40.4 Å². The third-order valence-electron chi connectivity index (χ3n) is 5.52. The summed E-state index contributed by atoms with van der Waals surface area (Å²) in [5.41, 5.74) is 7.38. The Kier molecular flexibility index (Phi) is 10.2. The molecule has 39 heavy (non-hydrogen) atoms. The van der Waals surface area contributed by atoms with Gasteiger partial charge in [0.25, 0.3) is 20.2 Å². The van der Waals surface area contributed by atoms with Crippen LogP contribution in [-0.2, 0) is 26.8 Å². The Morgan fingerprint density at radius 3 is 2.36 bits per heavy atom. The first-order valence-corrected chi connectivity index (χ1v) is 15.0. The van der Waals surface area contributed by atoms with Crippen molar-refractivity contribution in [3.05, 3.63) is 11.9 Å². The summed E-state index contributed by atoms with van der Waals surface area (Å²) in [4.78, 5) is 10.4. The first-order chi connectivity index (χ1) is 18.4. The summed E-state index contributed by atoms with van der Waals surface area (Å²) in [7, 11) is -8.47. The van der Waals surface area contributed by atoms with E-state index in [2.05, 4.69) is 32.1 Å². The maximum Gasteiger partial charge on any atom is 0.266 e. The van der Waals surface area contributed by atoms with Crippen molar-refractivity contribution >= 4 is 37.1 Å². The predicted molar refractivity (Wildman–Crippen MR) is 139 cm³/mol. The Bertz CT molecular complexity index is 1520. The lowest BCUT2D eigenvalue weighted by Crippen LogP contribution is -2.34. The van der Waals surface area contributed by atoms with Gasteiger partial charge in [-0.1, -0.05) is 5.92 Å². The van der Waals surface area contributed by atoms with Gasteiger partial charge in [-0.25, -0.2) is 14.6 Å². The fourth-order valence-corrected chi connectivity index (χ4v) is 4.69. The number of aryl methyl sites for hydroxylation is 1. The smallest absolute Gasteiger partial charge is 0.266 e. The van der Waals surface area contributed by atoms with Crippen molar-refractivity contribution in [1.82, 2.24) is 29.7 Å². The molecule has 0 radical (unpaired) electrons. The number of pyridine rings is 1. The number of hydrogen-bond acceptors (Lipinski definition) is 13. The molecular formula is C21H29N7O9S2. The molecule has 3 rings (SSSR count). The third-order valence-corrected chi connectivity index (χ3v) is 6.92. The predicted octanol–water partition coefficient (Wildman–Crippen LogP) is -0.336. The van der Waals surface area contributed by atoms with E-state index in [-0.39, 0.29) is 37.8 Å². The Balaban J connectivity index is 1.76. The molecule has 0 fully saturated rings. The van der Waals surface area contributed by atoms with Crippen LogP contribution < -0.4 is 10.5 Å². The molecule has 0 aliphatic heterocycles. The molecule has 0 bridgehead atoms. The van der Waals surface area contributed by atoms with Gasteiger partial charge in [-0.05, 0) is 42.5 Å². The molecule has 16 nitrogen and oxygen atoms in total. The number of hydrogen-bond donors (Lipinski definition) is 4. The van der Waals surface area contributed by atoms with E-state index < -0.39 is 31.7 Å². The molecule has 0 amide bonds. The molecule has 3 aromatic rings. The van der Waals surface area contributed by atoms with Gasteiger partial charge in [-0.3, -0.25) is 9.11 Å². The fourth-order valence-electron chi connectivity index (χ4n) is 3.72. The minimum absolute atomic E-state index is 0.0472. The second-order valence-corrected chi connectivity index (χ2v) is 11.4. The van der Waals surface area contributed by atoms with Crippen molar-refractivity contribution in [3.8, 4) is 29.1 Å². The Labute approximate surface area is 224 Å². The van der Waals surface area contributed by atoms with E-state index in [1.54, 1.807) is 4.57 Å². The van der Waals surface area contributed by atoms with E-state index in [1.165, 1.54) is 11.1 Å². The standard InChI is InChI=1S/C21H29N7O9S2/c1-2-28-19-16(36-11-4-3-7-27(8-12-38(30,31)32)9-13-39(33,34)35)14-23-15(6-5-10-29)17(19)24-21(28)18-20(22)26-37-25-18/h14,29H,2-4,7-13H2,1H3,(H2,22,26)(H,30,31,32)(H,33,34,35). The van der Waals surface area contributed by atoms with Gasteiger partial charge in [0.05, 0.1) is 24.3 Å². The number of anilines is 1. The SMILES string of the molecule is CCn1c(-c2nonc2N)nc2c(C#CCO)ncc(OCCCCN(CCS(=O)(=O)O)CCS(=O)(=O)O)c21. The van der Waals surface area contributed by atoms with Gasteiger partial charge in [0.15, 0.2) is 23.1 Å². The maximum atomic E-state index is 11.1. The lowest BCUT2D eigenvalue weighted by Gasteiger charge is -2.21. The first kappa shape index (κ1) is 30.2. The number of nitrogens with zero attached hydrogens (tertiary/aromatic N) is 6. The van der Waals surface area contributed by atoms with Crippen molar-refractivity contribution in [2.75, 3.05) is 50.1 Å². The van der Waals surface area contributed by atoms with E-state index in [9.17, 15) is 16.8 Å². The summed E-state index contributed by atoms with van der Waals surface area (Å²) in [6, 6.07) is 0. The molecule has 3 heterocycles. The van der Waals surface area contributed by atoms with Crippen molar-refractivity contribution in [1.29, 1.82) is 0 Å². The molecule has 0 aliphatic rings. The van der Waals surface area contributed by atoms with E-state index in [4.69, 9.17) is 29.3 Å². The lowest BCUT2D eigenvalue weighted by atomic mass is 10.2.